The van der Waals surface area contributed by atoms with Gasteiger partial charge in [-0.2, -0.15) is 0 Å². The van der Waals surface area contributed by atoms with Crippen LogP contribution >= 0.6 is 23.2 Å². The molecule has 0 fully saturated rings. The second-order valence-corrected chi connectivity index (χ2v) is 6.79. The smallest absolute Gasteiger partial charge is 0.166 e. The van der Waals surface area contributed by atoms with E-state index in [1.54, 1.807) is 24.3 Å². The fraction of sp³-hybridized carbons (Fsp3) is 0.250. The molecule has 0 saturated carbocycles. The predicted octanol–water partition coefficient (Wildman–Crippen LogP) is 6.37. The van der Waals surface area contributed by atoms with Gasteiger partial charge in [0.1, 0.15) is 17.3 Å². The molecule has 1 N–H and O–H groups in total. The molecule has 25 heavy (non-hydrogen) atoms. The molecule has 0 atom stereocenters. The normalized spacial score (nSPS) is 14.8. The third kappa shape index (κ3) is 3.83. The van der Waals surface area contributed by atoms with E-state index >= 15 is 0 Å². The minimum Gasteiger partial charge on any atom is -0.512 e. The van der Waals surface area contributed by atoms with Crippen molar-refractivity contribution in [2.45, 2.75) is 32.6 Å². The van der Waals surface area contributed by atoms with E-state index in [1.807, 2.05) is 19.1 Å². The molecule has 0 radical (unpaired) electrons. The standard InChI is InChI=1S/C20H18Cl2O3/c1-2-12-6-8-14(25-19-9-7-13(21)10-16(19)22)11-15(12)20-17(23)4-3-5-18(20)24/h6-11,23H,2-5H2,1H3. The van der Waals surface area contributed by atoms with Crippen molar-refractivity contribution in [1.29, 1.82) is 0 Å². The van der Waals surface area contributed by atoms with Gasteiger partial charge in [0.05, 0.1) is 10.6 Å². The zero-order valence-electron chi connectivity index (χ0n) is 13.8. The van der Waals surface area contributed by atoms with Crippen LogP contribution < -0.4 is 4.74 Å². The van der Waals surface area contributed by atoms with E-state index in [2.05, 4.69) is 0 Å². The van der Waals surface area contributed by atoms with Crippen molar-refractivity contribution in [1.82, 2.24) is 0 Å². The Hall–Kier alpha value is -1.97. The average Bonchev–Trinajstić information content (AvgIpc) is 2.57. The van der Waals surface area contributed by atoms with Gasteiger partial charge >= 0.3 is 0 Å². The quantitative estimate of drug-likeness (QED) is 0.673. The number of carbonyl (C=O) groups excluding carboxylic acids is 1. The molecule has 2 aromatic carbocycles. The maximum absolute atomic E-state index is 12.3. The SMILES string of the molecule is CCc1ccc(Oc2ccc(Cl)cc2Cl)cc1C1=C(O)CCCC1=O. The van der Waals surface area contributed by atoms with Crippen molar-refractivity contribution >= 4 is 34.6 Å². The number of hydrogen-bond acceptors (Lipinski definition) is 3. The monoisotopic (exact) mass is 376 g/mol. The van der Waals surface area contributed by atoms with Gasteiger partial charge in [-0.05, 0) is 54.3 Å². The fourth-order valence-corrected chi connectivity index (χ4v) is 3.43. The van der Waals surface area contributed by atoms with Crippen LogP contribution in [0.4, 0.5) is 0 Å². The lowest BCUT2D eigenvalue weighted by Gasteiger charge is -2.19. The van der Waals surface area contributed by atoms with Crippen molar-refractivity contribution in [3.05, 3.63) is 63.3 Å². The van der Waals surface area contributed by atoms with Crippen LogP contribution in [0.15, 0.2) is 42.2 Å². The fourth-order valence-electron chi connectivity index (χ4n) is 2.98. The number of allylic oxidation sites excluding steroid dienone is 2. The summed E-state index contributed by atoms with van der Waals surface area (Å²) in [5.74, 6) is 1.16. The molecule has 0 unspecified atom stereocenters. The topological polar surface area (TPSA) is 46.5 Å². The Morgan fingerprint density at radius 1 is 1.12 bits per heavy atom. The summed E-state index contributed by atoms with van der Waals surface area (Å²) >= 11 is 12.1. The Bertz CT molecular complexity index is 856. The van der Waals surface area contributed by atoms with E-state index in [-0.39, 0.29) is 11.5 Å². The highest BCUT2D eigenvalue weighted by molar-refractivity contribution is 6.35. The molecule has 5 heteroatoms. The Kier molecular flexibility index (Phi) is 5.36. The van der Waals surface area contributed by atoms with Crippen LogP contribution in [0.2, 0.25) is 10.0 Å². The van der Waals surface area contributed by atoms with Gasteiger partial charge in [0.25, 0.3) is 0 Å². The third-order valence-electron chi connectivity index (χ3n) is 4.24. The van der Waals surface area contributed by atoms with Crippen LogP contribution in [0.25, 0.3) is 5.57 Å². The minimum atomic E-state index is -0.0277. The average molecular weight is 377 g/mol. The van der Waals surface area contributed by atoms with Gasteiger partial charge in [0.15, 0.2) is 5.78 Å². The number of benzene rings is 2. The van der Waals surface area contributed by atoms with Crippen molar-refractivity contribution in [3.8, 4) is 11.5 Å². The third-order valence-corrected chi connectivity index (χ3v) is 4.77. The molecule has 0 spiro atoms. The van der Waals surface area contributed by atoms with Crippen LogP contribution in [0.5, 0.6) is 11.5 Å². The molecular weight excluding hydrogens is 359 g/mol. The van der Waals surface area contributed by atoms with Crippen LogP contribution in [0.3, 0.4) is 0 Å². The lowest BCUT2D eigenvalue weighted by molar-refractivity contribution is -0.114. The lowest BCUT2D eigenvalue weighted by Crippen LogP contribution is -2.12. The first-order valence-corrected chi connectivity index (χ1v) is 8.96. The number of ether oxygens (including phenoxy) is 1. The number of hydrogen-bond donors (Lipinski definition) is 1. The Morgan fingerprint density at radius 3 is 2.60 bits per heavy atom. The van der Waals surface area contributed by atoms with Gasteiger partial charge in [-0.1, -0.05) is 36.2 Å². The van der Waals surface area contributed by atoms with Crippen molar-refractivity contribution < 1.29 is 14.6 Å². The van der Waals surface area contributed by atoms with Crippen molar-refractivity contribution in [2.75, 3.05) is 0 Å². The zero-order chi connectivity index (χ0) is 18.0. The molecule has 0 heterocycles. The second-order valence-electron chi connectivity index (χ2n) is 5.95. The number of rotatable bonds is 4. The van der Waals surface area contributed by atoms with E-state index in [0.29, 0.717) is 46.4 Å². The summed E-state index contributed by atoms with van der Waals surface area (Å²) in [4.78, 5) is 12.3. The molecule has 0 amide bonds. The number of aryl methyl sites for hydroxylation is 1. The lowest BCUT2D eigenvalue weighted by atomic mass is 9.87. The molecule has 0 saturated heterocycles. The number of Topliss-reactive ketones (excluding diaryl/α,β-unsaturated/α-hetero) is 1. The van der Waals surface area contributed by atoms with Crippen LogP contribution in [0, 0.1) is 0 Å². The molecule has 0 aromatic heterocycles. The summed E-state index contributed by atoms with van der Waals surface area (Å²) in [5.41, 5.74) is 2.13. The van der Waals surface area contributed by atoms with E-state index < -0.39 is 0 Å². The van der Waals surface area contributed by atoms with Gasteiger partial charge in [0.2, 0.25) is 0 Å². The Morgan fingerprint density at radius 2 is 1.92 bits per heavy atom. The molecule has 3 nitrogen and oxygen atoms in total. The van der Waals surface area contributed by atoms with Gasteiger partial charge in [-0.3, -0.25) is 4.79 Å². The molecule has 1 aliphatic rings. The van der Waals surface area contributed by atoms with Crippen LogP contribution in [-0.4, -0.2) is 10.9 Å². The highest BCUT2D eigenvalue weighted by Crippen LogP contribution is 2.36. The largest absolute Gasteiger partial charge is 0.512 e. The summed E-state index contributed by atoms with van der Waals surface area (Å²) in [7, 11) is 0. The Labute approximate surface area is 156 Å². The molecule has 3 rings (SSSR count). The number of aliphatic hydroxyl groups is 1. The number of halogens is 2. The van der Waals surface area contributed by atoms with Gasteiger partial charge in [-0.25, -0.2) is 0 Å². The molecule has 2 aromatic rings. The summed E-state index contributed by atoms with van der Waals surface area (Å²) in [6, 6.07) is 10.5. The van der Waals surface area contributed by atoms with Crippen molar-refractivity contribution in [3.63, 3.8) is 0 Å². The number of ketones is 1. The van der Waals surface area contributed by atoms with Gasteiger partial charge in [0, 0.05) is 17.9 Å². The van der Waals surface area contributed by atoms with E-state index in [0.717, 1.165) is 17.5 Å². The Balaban J connectivity index is 2.02. The molecule has 130 valence electrons. The summed E-state index contributed by atoms with van der Waals surface area (Å²) in [5, 5.41) is 11.2. The number of aliphatic hydroxyl groups excluding tert-OH is 1. The predicted molar refractivity (Wildman–Crippen MR) is 101 cm³/mol. The minimum absolute atomic E-state index is 0.0277. The second kappa shape index (κ2) is 7.51. The van der Waals surface area contributed by atoms with Gasteiger partial charge in [-0.15, -0.1) is 0 Å². The van der Waals surface area contributed by atoms with Crippen molar-refractivity contribution in [2.24, 2.45) is 0 Å². The van der Waals surface area contributed by atoms with E-state index in [1.165, 1.54) is 0 Å². The maximum atomic E-state index is 12.3. The van der Waals surface area contributed by atoms with Crippen LogP contribution in [-0.2, 0) is 11.2 Å². The highest BCUT2D eigenvalue weighted by atomic mass is 35.5. The summed E-state index contributed by atoms with van der Waals surface area (Å²) in [6.45, 7) is 2.01. The van der Waals surface area contributed by atoms with E-state index in [9.17, 15) is 9.90 Å². The molecule has 0 aliphatic heterocycles. The zero-order valence-corrected chi connectivity index (χ0v) is 15.3. The summed E-state index contributed by atoms with van der Waals surface area (Å²) < 4.78 is 5.86. The van der Waals surface area contributed by atoms with Crippen LogP contribution in [0.1, 0.15) is 37.3 Å². The first-order chi connectivity index (χ1) is 12.0. The summed E-state index contributed by atoms with van der Waals surface area (Å²) in [6.07, 6.45) is 2.42. The highest BCUT2D eigenvalue weighted by Gasteiger charge is 2.24. The first kappa shape index (κ1) is 17.8. The maximum Gasteiger partial charge on any atom is 0.166 e. The first-order valence-electron chi connectivity index (χ1n) is 8.21. The van der Waals surface area contributed by atoms with Gasteiger partial charge < -0.3 is 9.84 Å². The van der Waals surface area contributed by atoms with E-state index in [4.69, 9.17) is 27.9 Å². The molecule has 1 aliphatic carbocycles. The molecule has 0 bridgehead atoms. The number of carbonyl (C=O) groups is 1. The molecular formula is C20H18Cl2O3.